The Kier molecular flexibility index (Phi) is 6.40. The van der Waals surface area contributed by atoms with Gasteiger partial charge in [-0.3, -0.25) is 0 Å². The lowest BCUT2D eigenvalue weighted by atomic mass is 9.87. The highest BCUT2D eigenvalue weighted by molar-refractivity contribution is 5.77. The van der Waals surface area contributed by atoms with E-state index in [1.165, 1.54) is 52.7 Å². The van der Waals surface area contributed by atoms with Crippen LogP contribution in [-0.2, 0) is 0 Å². The van der Waals surface area contributed by atoms with Crippen molar-refractivity contribution in [3.63, 3.8) is 0 Å². The van der Waals surface area contributed by atoms with Crippen LogP contribution >= 0.6 is 0 Å². The van der Waals surface area contributed by atoms with Gasteiger partial charge in [0.15, 0.2) is 0 Å². The van der Waals surface area contributed by atoms with E-state index in [2.05, 4.69) is 57.4 Å². The van der Waals surface area contributed by atoms with E-state index in [1.807, 2.05) is 18.2 Å². The molecule has 0 heterocycles. The standard InChI is InChI=1S/C23H28/c1-5-9-16-22-20(14-7-3)19(8-4)21-17-12-10-11-15-18(13-6-2)23(21)22/h5,7-9,13-14,16-17H,1,4,6,10-12,15H2,2-3H3/b14-7-,16-9-,18-13-,21-17-. The van der Waals surface area contributed by atoms with Crippen LogP contribution < -0.4 is 0 Å². The fraction of sp³-hybridized carbons (Fsp3) is 0.304. The van der Waals surface area contributed by atoms with Gasteiger partial charge >= 0.3 is 0 Å². The lowest BCUT2D eigenvalue weighted by Gasteiger charge is -2.17. The van der Waals surface area contributed by atoms with Crippen LogP contribution in [-0.4, -0.2) is 0 Å². The molecular weight excluding hydrogens is 276 g/mol. The summed E-state index contributed by atoms with van der Waals surface area (Å²) < 4.78 is 0. The van der Waals surface area contributed by atoms with Gasteiger partial charge in [-0.2, -0.15) is 0 Å². The molecule has 120 valence electrons. The van der Waals surface area contributed by atoms with Crippen molar-refractivity contribution < 1.29 is 0 Å². The topological polar surface area (TPSA) is 0 Å². The molecule has 0 aromatic heterocycles. The monoisotopic (exact) mass is 304 g/mol. The Bertz CT molecular complexity index is 654. The van der Waals surface area contributed by atoms with Crippen molar-refractivity contribution in [1.82, 2.24) is 0 Å². The summed E-state index contributed by atoms with van der Waals surface area (Å²) in [5.41, 5.74) is 8.13. The molecule has 0 N–H and O–H groups in total. The Labute approximate surface area is 141 Å². The Morgan fingerprint density at radius 3 is 2.57 bits per heavy atom. The van der Waals surface area contributed by atoms with Crippen LogP contribution in [0.1, 0.15) is 46.0 Å². The van der Waals surface area contributed by atoms with E-state index in [0.29, 0.717) is 0 Å². The number of hydrogen-bond donors (Lipinski definition) is 0. The largest absolute Gasteiger partial charge is 0.0991 e. The predicted molar refractivity (Wildman–Crippen MR) is 103 cm³/mol. The Morgan fingerprint density at radius 1 is 1.09 bits per heavy atom. The minimum Gasteiger partial charge on any atom is -0.0991 e. The van der Waals surface area contributed by atoms with Crippen LogP contribution in [0, 0.1) is 0 Å². The lowest BCUT2D eigenvalue weighted by Crippen LogP contribution is -1.99. The van der Waals surface area contributed by atoms with Gasteiger partial charge in [0.25, 0.3) is 0 Å². The summed E-state index contributed by atoms with van der Waals surface area (Å²) in [4.78, 5) is 0. The first kappa shape index (κ1) is 17.3. The molecule has 0 spiro atoms. The van der Waals surface area contributed by atoms with E-state index in [0.717, 1.165) is 12.8 Å². The molecule has 23 heavy (non-hydrogen) atoms. The second-order valence-corrected chi connectivity index (χ2v) is 5.92. The fourth-order valence-electron chi connectivity index (χ4n) is 3.45. The van der Waals surface area contributed by atoms with Gasteiger partial charge in [-0.15, -0.1) is 0 Å². The molecule has 0 bridgehead atoms. The normalized spacial score (nSPS) is 23.2. The smallest absolute Gasteiger partial charge is 0.00732 e. The first-order valence-corrected chi connectivity index (χ1v) is 8.71. The zero-order chi connectivity index (χ0) is 16.7. The van der Waals surface area contributed by atoms with Crippen LogP contribution in [0.2, 0.25) is 0 Å². The van der Waals surface area contributed by atoms with Gasteiger partial charge in [0.05, 0.1) is 0 Å². The van der Waals surface area contributed by atoms with Gasteiger partial charge in [-0.25, -0.2) is 0 Å². The van der Waals surface area contributed by atoms with E-state index in [-0.39, 0.29) is 0 Å². The number of allylic oxidation sites excluding steroid dienone is 14. The van der Waals surface area contributed by atoms with Crippen molar-refractivity contribution in [2.24, 2.45) is 0 Å². The maximum absolute atomic E-state index is 4.08. The minimum atomic E-state index is 1.08. The van der Waals surface area contributed by atoms with Gasteiger partial charge in [0, 0.05) is 0 Å². The quantitative estimate of drug-likeness (QED) is 0.483. The van der Waals surface area contributed by atoms with Crippen LogP contribution in [0.25, 0.3) is 0 Å². The molecule has 2 aliphatic rings. The van der Waals surface area contributed by atoms with Crippen molar-refractivity contribution in [3.8, 4) is 0 Å². The molecule has 0 nitrogen and oxygen atoms in total. The van der Waals surface area contributed by atoms with Crippen LogP contribution in [0.3, 0.4) is 0 Å². The Morgan fingerprint density at radius 2 is 1.91 bits per heavy atom. The molecule has 0 heteroatoms. The minimum absolute atomic E-state index is 1.08. The van der Waals surface area contributed by atoms with Crippen LogP contribution in [0.15, 0.2) is 95.2 Å². The third kappa shape index (κ3) is 3.64. The molecule has 0 saturated carbocycles. The molecule has 2 aliphatic carbocycles. The summed E-state index contributed by atoms with van der Waals surface area (Å²) in [7, 11) is 0. The maximum atomic E-state index is 4.08. The van der Waals surface area contributed by atoms with Gasteiger partial charge in [-0.05, 0) is 72.5 Å². The van der Waals surface area contributed by atoms with Crippen molar-refractivity contribution in [2.75, 3.05) is 0 Å². The second-order valence-electron chi connectivity index (χ2n) is 5.92. The molecule has 0 radical (unpaired) electrons. The third-order valence-corrected chi connectivity index (χ3v) is 4.37. The summed E-state index contributed by atoms with van der Waals surface area (Å²) in [5, 5.41) is 0. The van der Waals surface area contributed by atoms with Crippen LogP contribution in [0.4, 0.5) is 0 Å². The molecule has 2 rings (SSSR count). The Hall–Kier alpha value is -2.08. The molecule has 0 aromatic rings. The molecule has 0 aromatic carbocycles. The molecule has 0 unspecified atom stereocenters. The van der Waals surface area contributed by atoms with E-state index >= 15 is 0 Å². The lowest BCUT2D eigenvalue weighted by molar-refractivity contribution is 0.734. The fourth-order valence-corrected chi connectivity index (χ4v) is 3.45. The van der Waals surface area contributed by atoms with Gasteiger partial charge in [-0.1, -0.05) is 68.7 Å². The average molecular weight is 304 g/mol. The molecule has 0 amide bonds. The highest BCUT2D eigenvalue weighted by atomic mass is 14.3. The van der Waals surface area contributed by atoms with Crippen molar-refractivity contribution in [2.45, 2.75) is 46.0 Å². The molecule has 0 saturated heterocycles. The first-order chi connectivity index (χ1) is 11.3. The summed E-state index contributed by atoms with van der Waals surface area (Å²) >= 11 is 0. The van der Waals surface area contributed by atoms with Crippen molar-refractivity contribution in [1.29, 1.82) is 0 Å². The molecule has 0 atom stereocenters. The summed E-state index contributed by atoms with van der Waals surface area (Å²) in [6.07, 6.45) is 23.2. The number of rotatable bonds is 5. The van der Waals surface area contributed by atoms with E-state index in [1.54, 1.807) is 0 Å². The van der Waals surface area contributed by atoms with Crippen molar-refractivity contribution in [3.05, 3.63) is 95.2 Å². The first-order valence-electron chi connectivity index (χ1n) is 8.71. The van der Waals surface area contributed by atoms with Gasteiger partial charge < -0.3 is 0 Å². The summed E-state index contributed by atoms with van der Waals surface area (Å²) in [6, 6.07) is 0. The van der Waals surface area contributed by atoms with E-state index in [9.17, 15) is 0 Å². The van der Waals surface area contributed by atoms with Crippen molar-refractivity contribution >= 4 is 0 Å². The predicted octanol–water partition coefficient (Wildman–Crippen LogP) is 6.93. The summed E-state index contributed by atoms with van der Waals surface area (Å²) in [6.45, 7) is 12.2. The maximum Gasteiger partial charge on any atom is -0.00732 e. The zero-order valence-electron chi connectivity index (χ0n) is 14.6. The molecule has 0 aliphatic heterocycles. The summed E-state index contributed by atoms with van der Waals surface area (Å²) in [5.74, 6) is 0. The Balaban J connectivity index is 2.76. The van der Waals surface area contributed by atoms with Crippen LogP contribution in [0.5, 0.6) is 0 Å². The highest BCUT2D eigenvalue weighted by Crippen LogP contribution is 2.45. The van der Waals surface area contributed by atoms with Gasteiger partial charge in [0.2, 0.25) is 0 Å². The highest BCUT2D eigenvalue weighted by Gasteiger charge is 2.27. The second kappa shape index (κ2) is 8.53. The van der Waals surface area contributed by atoms with E-state index in [4.69, 9.17) is 0 Å². The van der Waals surface area contributed by atoms with E-state index < -0.39 is 0 Å². The molecular formula is C23H28. The zero-order valence-corrected chi connectivity index (χ0v) is 14.6. The number of hydrogen-bond acceptors (Lipinski definition) is 0. The third-order valence-electron chi connectivity index (χ3n) is 4.37. The molecule has 0 fully saturated rings. The van der Waals surface area contributed by atoms with Gasteiger partial charge in [0.1, 0.15) is 0 Å². The SMILES string of the molecule is C=C/C=C\C1=C2C(=C\CC)/CCCC/C=C\2C(C=C)=C1/C=C\C. The number of fused-ring (bicyclic) bond motifs is 1. The average Bonchev–Trinajstić information content (AvgIpc) is 2.81.